The first-order valence-corrected chi connectivity index (χ1v) is 15.5. The first-order valence-electron chi connectivity index (χ1n) is 12.0. The molecule has 11 heteroatoms. The fraction of sp³-hybridized carbons (Fsp3) is 0.296. The summed E-state index contributed by atoms with van der Waals surface area (Å²) in [4.78, 5) is 11.5. The van der Waals surface area contributed by atoms with E-state index in [1.807, 2.05) is 48.9 Å². The third-order valence-electron chi connectivity index (χ3n) is 6.00. The molecule has 0 atom stereocenters. The zero-order valence-corrected chi connectivity index (χ0v) is 23.1. The Morgan fingerprint density at radius 2 is 1.63 bits per heavy atom. The van der Waals surface area contributed by atoms with Gasteiger partial charge in [-0.25, -0.2) is 17.4 Å². The molecule has 4 rings (SSSR count). The summed E-state index contributed by atoms with van der Waals surface area (Å²) in [7, 11) is -6.85. The van der Waals surface area contributed by atoms with Crippen molar-refractivity contribution in [2.75, 3.05) is 29.5 Å². The van der Waals surface area contributed by atoms with E-state index in [1.165, 1.54) is 6.26 Å². The molecular weight excluding hydrogens is 528 g/mol. The van der Waals surface area contributed by atoms with Gasteiger partial charge in [0.2, 0.25) is 0 Å². The highest BCUT2D eigenvalue weighted by atomic mass is 32.2. The standard InChI is InChI=1S/C27H30N2O7S2/c1-19-14-25(35-12-5-13-37(3,31)32)15-20(2)27(19)22-7-4-6-21(16-22)18-36-24-10-8-23(9-11-24)29-17-26(30)28-38(29,33)34/h4,6-11,14-16H,5,12-13,17-18H2,1-3H3,(H,28,30). The summed E-state index contributed by atoms with van der Waals surface area (Å²) in [6, 6.07) is 18.5. The highest BCUT2D eigenvalue weighted by Gasteiger charge is 2.33. The number of carbonyl (C=O) groups is 1. The first-order chi connectivity index (χ1) is 17.9. The van der Waals surface area contributed by atoms with Crippen molar-refractivity contribution in [2.24, 2.45) is 0 Å². The van der Waals surface area contributed by atoms with E-state index in [4.69, 9.17) is 9.47 Å². The maximum Gasteiger partial charge on any atom is 0.326 e. The molecule has 3 aromatic rings. The molecule has 0 aromatic heterocycles. The monoisotopic (exact) mass is 558 g/mol. The summed E-state index contributed by atoms with van der Waals surface area (Å²) in [5, 5.41) is 0. The Labute approximate surface area is 223 Å². The molecule has 0 aliphatic carbocycles. The van der Waals surface area contributed by atoms with Crippen LogP contribution in [0.1, 0.15) is 23.1 Å². The number of ether oxygens (including phenoxy) is 2. The van der Waals surface area contributed by atoms with Gasteiger partial charge in [-0.1, -0.05) is 18.2 Å². The van der Waals surface area contributed by atoms with Crippen LogP contribution in [0.3, 0.4) is 0 Å². The van der Waals surface area contributed by atoms with Gasteiger partial charge in [0.25, 0.3) is 5.91 Å². The number of benzene rings is 3. The van der Waals surface area contributed by atoms with E-state index in [0.29, 0.717) is 36.8 Å². The molecule has 3 aromatic carbocycles. The van der Waals surface area contributed by atoms with E-state index in [2.05, 4.69) is 6.07 Å². The molecule has 0 saturated carbocycles. The highest BCUT2D eigenvalue weighted by Crippen LogP contribution is 2.32. The maximum absolute atomic E-state index is 12.0. The van der Waals surface area contributed by atoms with Gasteiger partial charge < -0.3 is 9.47 Å². The summed E-state index contributed by atoms with van der Waals surface area (Å²) >= 11 is 0. The van der Waals surface area contributed by atoms with Gasteiger partial charge in [-0.05, 0) is 90.6 Å². The molecular formula is C27H30N2O7S2. The van der Waals surface area contributed by atoms with Gasteiger partial charge in [0.1, 0.15) is 34.5 Å². The predicted octanol–water partition coefficient (Wildman–Crippen LogP) is 3.54. The Balaban J connectivity index is 1.41. The van der Waals surface area contributed by atoms with E-state index in [0.717, 1.165) is 32.1 Å². The highest BCUT2D eigenvalue weighted by molar-refractivity contribution is 7.92. The van der Waals surface area contributed by atoms with Gasteiger partial charge in [-0.3, -0.25) is 4.79 Å². The number of aryl methyl sites for hydroxylation is 2. The molecule has 1 amide bonds. The van der Waals surface area contributed by atoms with Crippen LogP contribution in [0.5, 0.6) is 11.5 Å². The largest absolute Gasteiger partial charge is 0.494 e. The number of sulfone groups is 1. The van der Waals surface area contributed by atoms with Gasteiger partial charge in [-0.15, -0.1) is 0 Å². The molecule has 1 heterocycles. The second-order valence-electron chi connectivity index (χ2n) is 9.28. The Morgan fingerprint density at radius 3 is 2.24 bits per heavy atom. The summed E-state index contributed by atoms with van der Waals surface area (Å²) < 4.78 is 61.3. The van der Waals surface area contributed by atoms with Crippen LogP contribution >= 0.6 is 0 Å². The van der Waals surface area contributed by atoms with Crippen LogP contribution in [0.15, 0.2) is 60.7 Å². The Kier molecular flexibility index (Phi) is 7.98. The van der Waals surface area contributed by atoms with Crippen LogP contribution in [0.4, 0.5) is 5.69 Å². The SMILES string of the molecule is Cc1cc(OCCCS(C)(=O)=O)cc(C)c1-c1cccc(COc2ccc(N3CC(=O)NS3(=O)=O)cc2)c1. The molecule has 9 nitrogen and oxygen atoms in total. The molecule has 1 aliphatic rings. The molecule has 0 spiro atoms. The lowest BCUT2D eigenvalue weighted by molar-refractivity contribution is -0.117. The smallest absolute Gasteiger partial charge is 0.326 e. The quantitative estimate of drug-likeness (QED) is 0.378. The second kappa shape index (κ2) is 11.0. The van der Waals surface area contributed by atoms with E-state index < -0.39 is 26.0 Å². The van der Waals surface area contributed by atoms with Crippen LogP contribution in [0.2, 0.25) is 0 Å². The van der Waals surface area contributed by atoms with Crippen molar-refractivity contribution in [3.8, 4) is 22.6 Å². The minimum Gasteiger partial charge on any atom is -0.494 e. The van der Waals surface area contributed by atoms with Gasteiger partial charge in [-0.2, -0.15) is 8.42 Å². The Bertz CT molecular complexity index is 1530. The van der Waals surface area contributed by atoms with E-state index in [9.17, 15) is 21.6 Å². The molecule has 1 fully saturated rings. The number of hydrogen-bond acceptors (Lipinski definition) is 7. The lowest BCUT2D eigenvalue weighted by Gasteiger charge is -2.16. The Hall–Kier alpha value is -3.57. The predicted molar refractivity (Wildman–Crippen MR) is 146 cm³/mol. The minimum absolute atomic E-state index is 0.0981. The summed E-state index contributed by atoms with van der Waals surface area (Å²) in [5.41, 5.74) is 5.56. The lowest BCUT2D eigenvalue weighted by Crippen LogP contribution is -2.29. The van der Waals surface area contributed by atoms with Crippen molar-refractivity contribution in [1.29, 1.82) is 0 Å². The third-order valence-corrected chi connectivity index (χ3v) is 8.44. The molecule has 0 radical (unpaired) electrons. The van der Waals surface area contributed by atoms with E-state index >= 15 is 0 Å². The van der Waals surface area contributed by atoms with Crippen molar-refractivity contribution in [3.05, 3.63) is 77.4 Å². The van der Waals surface area contributed by atoms with Gasteiger partial charge >= 0.3 is 10.2 Å². The number of nitrogens with zero attached hydrogens (tertiary/aromatic N) is 1. The van der Waals surface area contributed by atoms with Crippen molar-refractivity contribution in [3.63, 3.8) is 0 Å². The maximum atomic E-state index is 12.0. The fourth-order valence-electron chi connectivity index (χ4n) is 4.34. The van der Waals surface area contributed by atoms with Crippen molar-refractivity contribution in [2.45, 2.75) is 26.9 Å². The van der Waals surface area contributed by atoms with Crippen molar-refractivity contribution < 1.29 is 31.1 Å². The molecule has 202 valence electrons. The van der Waals surface area contributed by atoms with Gasteiger partial charge in [0.05, 0.1) is 18.0 Å². The number of hydrogen-bond donors (Lipinski definition) is 1. The minimum atomic E-state index is -3.85. The average Bonchev–Trinajstić information content (AvgIpc) is 3.12. The van der Waals surface area contributed by atoms with Crippen LogP contribution in [-0.4, -0.2) is 47.9 Å². The number of anilines is 1. The molecule has 1 N–H and O–H groups in total. The van der Waals surface area contributed by atoms with Crippen molar-refractivity contribution >= 4 is 31.6 Å². The number of nitrogens with one attached hydrogen (secondary N) is 1. The summed E-state index contributed by atoms with van der Waals surface area (Å²) in [5.74, 6) is 0.810. The zero-order chi connectivity index (χ0) is 27.5. The van der Waals surface area contributed by atoms with Crippen molar-refractivity contribution in [1.82, 2.24) is 4.72 Å². The second-order valence-corrected chi connectivity index (χ2v) is 13.1. The molecule has 1 saturated heterocycles. The van der Waals surface area contributed by atoms with Crippen LogP contribution in [0, 0.1) is 13.8 Å². The normalized spacial score (nSPS) is 14.8. The number of rotatable bonds is 10. The van der Waals surface area contributed by atoms with Gasteiger partial charge in [0, 0.05) is 6.26 Å². The first kappa shape index (κ1) is 27.5. The topological polar surface area (TPSA) is 119 Å². The molecule has 0 bridgehead atoms. The van der Waals surface area contributed by atoms with Crippen LogP contribution in [0.25, 0.3) is 11.1 Å². The number of carbonyl (C=O) groups excluding carboxylic acids is 1. The van der Waals surface area contributed by atoms with Crippen LogP contribution in [-0.2, 0) is 31.4 Å². The number of amides is 1. The van der Waals surface area contributed by atoms with Crippen LogP contribution < -0.4 is 18.5 Å². The summed E-state index contributed by atoms with van der Waals surface area (Å²) in [6.45, 7) is 4.43. The zero-order valence-electron chi connectivity index (χ0n) is 21.4. The van der Waals surface area contributed by atoms with Gasteiger partial charge in [0.15, 0.2) is 0 Å². The van der Waals surface area contributed by atoms with E-state index in [1.54, 1.807) is 24.3 Å². The van der Waals surface area contributed by atoms with E-state index in [-0.39, 0.29) is 12.3 Å². The molecule has 38 heavy (non-hydrogen) atoms. The average molecular weight is 559 g/mol. The summed E-state index contributed by atoms with van der Waals surface area (Å²) in [6.07, 6.45) is 1.66. The lowest BCUT2D eigenvalue weighted by atomic mass is 9.94. The third kappa shape index (κ3) is 6.84. The fourth-order valence-corrected chi connectivity index (χ4v) is 6.13. The molecule has 1 aliphatic heterocycles. The molecule has 0 unspecified atom stereocenters. The Morgan fingerprint density at radius 1 is 0.947 bits per heavy atom.